The van der Waals surface area contributed by atoms with E-state index in [9.17, 15) is 4.79 Å². The number of hydrogen-bond acceptors (Lipinski definition) is 8. The van der Waals surface area contributed by atoms with Gasteiger partial charge < -0.3 is 15.0 Å². The number of rotatable bonds is 6. The lowest BCUT2D eigenvalue weighted by atomic mass is 10.1. The fourth-order valence-corrected chi connectivity index (χ4v) is 2.96. The molecule has 0 bridgehead atoms. The molecular formula is C22H26N8O2. The summed E-state index contributed by atoms with van der Waals surface area (Å²) in [7, 11) is 0. The van der Waals surface area contributed by atoms with Gasteiger partial charge in [0.15, 0.2) is 12.0 Å². The van der Waals surface area contributed by atoms with E-state index in [1.807, 2.05) is 37.4 Å². The van der Waals surface area contributed by atoms with Crippen LogP contribution in [-0.4, -0.2) is 48.1 Å². The highest BCUT2D eigenvalue weighted by atomic mass is 16.5. The quantitative estimate of drug-likeness (QED) is 0.272. The van der Waals surface area contributed by atoms with E-state index in [1.165, 1.54) is 12.5 Å². The van der Waals surface area contributed by atoms with Gasteiger partial charge in [0.1, 0.15) is 18.2 Å². The molecule has 1 aliphatic rings. The summed E-state index contributed by atoms with van der Waals surface area (Å²) in [6.45, 7) is 6.19. The van der Waals surface area contributed by atoms with Crippen LogP contribution in [0.1, 0.15) is 23.9 Å². The molecule has 10 heteroatoms. The SMILES string of the molecule is CC(=O)NC(=NCc1nc(N/C=C/c2ccc(C)cc2)cc(N2CCOCC2)n1)NC#N. The molecule has 1 aromatic carbocycles. The van der Waals surface area contributed by atoms with E-state index in [0.29, 0.717) is 24.9 Å². The Morgan fingerprint density at radius 3 is 2.72 bits per heavy atom. The summed E-state index contributed by atoms with van der Waals surface area (Å²) >= 11 is 0. The molecule has 3 rings (SSSR count). The van der Waals surface area contributed by atoms with Gasteiger partial charge in [0, 0.05) is 32.3 Å². The first-order valence-corrected chi connectivity index (χ1v) is 10.2. The van der Waals surface area contributed by atoms with Gasteiger partial charge in [-0.25, -0.2) is 15.0 Å². The summed E-state index contributed by atoms with van der Waals surface area (Å²) in [6.07, 6.45) is 5.53. The summed E-state index contributed by atoms with van der Waals surface area (Å²) in [5.41, 5.74) is 2.27. The Kier molecular flexibility index (Phi) is 8.11. The number of guanidine groups is 1. The minimum absolute atomic E-state index is 0.0501. The van der Waals surface area contributed by atoms with Crippen LogP contribution in [0.15, 0.2) is 41.5 Å². The zero-order valence-electron chi connectivity index (χ0n) is 18.1. The summed E-state index contributed by atoms with van der Waals surface area (Å²) in [4.78, 5) is 26.8. The molecule has 0 atom stereocenters. The molecule has 3 N–H and O–H groups in total. The van der Waals surface area contributed by atoms with Gasteiger partial charge in [0.05, 0.1) is 13.2 Å². The minimum atomic E-state index is -0.335. The van der Waals surface area contributed by atoms with Crippen LogP contribution in [0.25, 0.3) is 6.08 Å². The molecule has 2 aromatic rings. The average Bonchev–Trinajstić information content (AvgIpc) is 2.79. The van der Waals surface area contributed by atoms with E-state index in [-0.39, 0.29) is 18.4 Å². The Morgan fingerprint density at radius 1 is 1.28 bits per heavy atom. The molecule has 2 heterocycles. The van der Waals surface area contributed by atoms with Crippen LogP contribution in [0.5, 0.6) is 0 Å². The number of nitriles is 1. The number of carbonyl (C=O) groups excluding carboxylic acids is 1. The molecule has 0 spiro atoms. The number of carbonyl (C=O) groups is 1. The fourth-order valence-electron chi connectivity index (χ4n) is 2.96. The Hall–Kier alpha value is -3.97. The molecule has 1 aromatic heterocycles. The molecule has 1 aliphatic heterocycles. The average molecular weight is 435 g/mol. The third-order valence-electron chi connectivity index (χ3n) is 4.53. The van der Waals surface area contributed by atoms with Crippen molar-refractivity contribution in [3.05, 3.63) is 53.5 Å². The second-order valence-electron chi connectivity index (χ2n) is 7.10. The van der Waals surface area contributed by atoms with Crippen LogP contribution in [0.3, 0.4) is 0 Å². The highest BCUT2D eigenvalue weighted by molar-refractivity contribution is 5.96. The third kappa shape index (κ3) is 7.07. The van der Waals surface area contributed by atoms with E-state index in [1.54, 1.807) is 6.19 Å². The standard InChI is InChI=1S/C22H26N8O2/c1-16-3-5-18(6-4-16)7-8-24-19-13-21(30-9-11-32-12-10-30)29-20(28-19)14-25-22(26-15-23)27-17(2)31/h3-8,13H,9-12,14H2,1-2H3,(H,24,28,29)(H2,25,26,27,31)/b8-7+. The molecule has 0 saturated carbocycles. The van der Waals surface area contributed by atoms with Gasteiger partial charge in [-0.05, 0) is 18.6 Å². The Bertz CT molecular complexity index is 1020. The number of aliphatic imine (C=N–C) groups is 1. The van der Waals surface area contributed by atoms with E-state index in [4.69, 9.17) is 10.00 Å². The minimum Gasteiger partial charge on any atom is -0.378 e. The fraction of sp³-hybridized carbons (Fsp3) is 0.318. The van der Waals surface area contributed by atoms with E-state index in [2.05, 4.69) is 47.9 Å². The largest absolute Gasteiger partial charge is 0.378 e. The zero-order valence-corrected chi connectivity index (χ0v) is 18.1. The number of nitrogens with one attached hydrogen (secondary N) is 3. The van der Waals surface area contributed by atoms with Gasteiger partial charge in [0.2, 0.25) is 11.9 Å². The maximum absolute atomic E-state index is 11.3. The Labute approximate surface area is 187 Å². The van der Waals surface area contributed by atoms with Gasteiger partial charge in [-0.1, -0.05) is 29.8 Å². The summed E-state index contributed by atoms with van der Waals surface area (Å²) in [5, 5.41) is 16.9. The number of ether oxygens (including phenoxy) is 1. The molecule has 10 nitrogen and oxygen atoms in total. The van der Waals surface area contributed by atoms with Crippen LogP contribution in [0, 0.1) is 18.4 Å². The van der Waals surface area contributed by atoms with Crippen molar-refractivity contribution in [3.63, 3.8) is 0 Å². The Balaban J connectivity index is 1.81. The molecule has 0 aliphatic carbocycles. The zero-order chi connectivity index (χ0) is 22.8. The Morgan fingerprint density at radius 2 is 2.03 bits per heavy atom. The topological polar surface area (TPSA) is 128 Å². The van der Waals surface area contributed by atoms with Crippen LogP contribution < -0.4 is 20.9 Å². The molecule has 1 amide bonds. The number of amides is 1. The number of nitrogens with zero attached hydrogens (tertiary/aromatic N) is 5. The van der Waals surface area contributed by atoms with Gasteiger partial charge >= 0.3 is 0 Å². The van der Waals surface area contributed by atoms with Crippen molar-refractivity contribution in [2.75, 3.05) is 36.5 Å². The van der Waals surface area contributed by atoms with Crippen molar-refractivity contribution >= 4 is 29.6 Å². The number of hydrogen-bond donors (Lipinski definition) is 3. The van der Waals surface area contributed by atoms with Gasteiger partial charge in [0.25, 0.3) is 0 Å². The highest BCUT2D eigenvalue weighted by Crippen LogP contribution is 2.18. The predicted octanol–water partition coefficient (Wildman–Crippen LogP) is 1.77. The smallest absolute Gasteiger partial charge is 0.223 e. The summed E-state index contributed by atoms with van der Waals surface area (Å²) < 4.78 is 5.43. The third-order valence-corrected chi connectivity index (χ3v) is 4.53. The first-order valence-electron chi connectivity index (χ1n) is 10.2. The lowest BCUT2D eigenvalue weighted by Crippen LogP contribution is -2.37. The van der Waals surface area contributed by atoms with E-state index >= 15 is 0 Å². The summed E-state index contributed by atoms with van der Waals surface area (Å²) in [5.74, 6) is 1.54. The molecule has 1 saturated heterocycles. The normalized spacial score (nSPS) is 14.2. The molecule has 166 valence electrons. The van der Waals surface area contributed by atoms with E-state index < -0.39 is 0 Å². The molecule has 1 fully saturated rings. The second-order valence-corrected chi connectivity index (χ2v) is 7.10. The van der Waals surface area contributed by atoms with E-state index in [0.717, 1.165) is 24.5 Å². The van der Waals surface area contributed by atoms with Crippen molar-refractivity contribution in [2.45, 2.75) is 20.4 Å². The first-order chi connectivity index (χ1) is 15.5. The number of morpholine rings is 1. The number of anilines is 2. The van der Waals surface area contributed by atoms with Crippen molar-refractivity contribution in [2.24, 2.45) is 4.99 Å². The number of aryl methyl sites for hydroxylation is 1. The van der Waals surface area contributed by atoms with Crippen LogP contribution in [-0.2, 0) is 16.1 Å². The monoisotopic (exact) mass is 434 g/mol. The van der Waals surface area contributed by atoms with Crippen LogP contribution in [0.4, 0.5) is 11.6 Å². The molecule has 0 unspecified atom stereocenters. The van der Waals surface area contributed by atoms with Crippen molar-refractivity contribution in [3.8, 4) is 6.19 Å². The highest BCUT2D eigenvalue weighted by Gasteiger charge is 2.15. The van der Waals surface area contributed by atoms with Gasteiger partial charge in [-0.15, -0.1) is 0 Å². The number of aromatic nitrogens is 2. The maximum atomic E-state index is 11.3. The van der Waals surface area contributed by atoms with Crippen LogP contribution in [0.2, 0.25) is 0 Å². The maximum Gasteiger partial charge on any atom is 0.223 e. The van der Waals surface area contributed by atoms with Crippen LogP contribution >= 0.6 is 0 Å². The summed E-state index contributed by atoms with van der Waals surface area (Å²) in [6, 6.07) is 10.1. The van der Waals surface area contributed by atoms with Gasteiger partial charge in [-0.3, -0.25) is 15.4 Å². The lowest BCUT2D eigenvalue weighted by Gasteiger charge is -2.28. The van der Waals surface area contributed by atoms with Gasteiger partial charge in [-0.2, -0.15) is 5.26 Å². The molecular weight excluding hydrogens is 408 g/mol. The second kappa shape index (κ2) is 11.4. The molecule has 32 heavy (non-hydrogen) atoms. The van der Waals surface area contributed by atoms with Crippen molar-refractivity contribution in [1.29, 1.82) is 5.26 Å². The van der Waals surface area contributed by atoms with Crippen molar-refractivity contribution in [1.82, 2.24) is 20.6 Å². The van der Waals surface area contributed by atoms with Crippen molar-refractivity contribution < 1.29 is 9.53 Å². The first kappa shape index (κ1) is 22.7. The lowest BCUT2D eigenvalue weighted by molar-refractivity contribution is -0.117. The predicted molar refractivity (Wildman–Crippen MR) is 123 cm³/mol. The number of benzene rings is 1. The molecule has 0 radical (unpaired) electrons.